The predicted octanol–water partition coefficient (Wildman–Crippen LogP) is 1.22. The smallest absolute Gasteiger partial charge is 0.252 e. The number of hydrogen-bond acceptors (Lipinski definition) is 4. The summed E-state index contributed by atoms with van der Waals surface area (Å²) in [4.78, 5) is 16.1. The summed E-state index contributed by atoms with van der Waals surface area (Å²) in [6, 6.07) is 2.66. The lowest BCUT2D eigenvalue weighted by Gasteiger charge is -2.11. The summed E-state index contributed by atoms with van der Waals surface area (Å²) in [7, 11) is 0. The molecule has 0 bridgehead atoms. The maximum absolute atomic E-state index is 11.5. The summed E-state index contributed by atoms with van der Waals surface area (Å²) >= 11 is 0. The third-order valence-corrected chi connectivity index (χ3v) is 3.97. The van der Waals surface area contributed by atoms with Crippen LogP contribution in [0.2, 0.25) is 0 Å². The van der Waals surface area contributed by atoms with Gasteiger partial charge in [-0.05, 0) is 56.7 Å². The van der Waals surface area contributed by atoms with Crippen molar-refractivity contribution in [1.82, 2.24) is 10.3 Å². The van der Waals surface area contributed by atoms with Crippen LogP contribution in [0.15, 0.2) is 6.07 Å². The fourth-order valence-corrected chi connectivity index (χ4v) is 2.68. The summed E-state index contributed by atoms with van der Waals surface area (Å²) in [6.07, 6.45) is 6.78. The van der Waals surface area contributed by atoms with E-state index in [1.807, 2.05) is 6.07 Å². The van der Waals surface area contributed by atoms with Gasteiger partial charge in [-0.15, -0.1) is 0 Å². The Morgan fingerprint density at radius 2 is 2.20 bits per heavy atom. The van der Waals surface area contributed by atoms with Crippen molar-refractivity contribution in [2.75, 3.05) is 18.4 Å². The van der Waals surface area contributed by atoms with E-state index in [0.29, 0.717) is 11.4 Å². The van der Waals surface area contributed by atoms with Crippen molar-refractivity contribution in [2.45, 2.75) is 44.6 Å². The molecule has 1 aromatic heterocycles. The quantitative estimate of drug-likeness (QED) is 0.653. The number of rotatable bonds is 7. The van der Waals surface area contributed by atoms with E-state index in [4.69, 9.17) is 5.73 Å². The van der Waals surface area contributed by atoms with Crippen molar-refractivity contribution >= 4 is 11.7 Å². The number of carbonyl (C=O) groups is 1. The highest BCUT2D eigenvalue weighted by atomic mass is 16.1. The highest BCUT2D eigenvalue weighted by Gasteiger charge is 2.20. The molecule has 1 saturated carbocycles. The van der Waals surface area contributed by atoms with Crippen LogP contribution in [0.1, 0.15) is 47.3 Å². The maximum atomic E-state index is 11.5. The zero-order valence-electron chi connectivity index (χ0n) is 11.7. The van der Waals surface area contributed by atoms with Gasteiger partial charge in [0.25, 0.3) is 5.91 Å². The molecule has 108 valence electrons. The van der Waals surface area contributed by atoms with Crippen molar-refractivity contribution in [3.63, 3.8) is 0 Å². The van der Waals surface area contributed by atoms with Crippen LogP contribution in [0, 0.1) is 0 Å². The molecule has 1 aromatic rings. The van der Waals surface area contributed by atoms with Crippen molar-refractivity contribution in [3.8, 4) is 0 Å². The van der Waals surface area contributed by atoms with Gasteiger partial charge in [0.15, 0.2) is 0 Å². The molecular formula is C15H22N4O. The van der Waals surface area contributed by atoms with E-state index in [9.17, 15) is 4.79 Å². The van der Waals surface area contributed by atoms with Crippen LogP contribution < -0.4 is 16.4 Å². The Morgan fingerprint density at radius 1 is 1.35 bits per heavy atom. The highest BCUT2D eigenvalue weighted by Crippen LogP contribution is 2.25. The number of fused-ring (bicyclic) bond motifs is 1. The molecule has 0 radical (unpaired) electrons. The molecule has 1 amide bonds. The molecule has 0 atom stereocenters. The van der Waals surface area contributed by atoms with Crippen LogP contribution in [-0.4, -0.2) is 30.0 Å². The van der Waals surface area contributed by atoms with Gasteiger partial charge in [0.2, 0.25) is 0 Å². The van der Waals surface area contributed by atoms with Crippen molar-refractivity contribution in [1.29, 1.82) is 0 Å². The Labute approximate surface area is 119 Å². The van der Waals surface area contributed by atoms with Crippen LogP contribution >= 0.6 is 0 Å². The third kappa shape index (κ3) is 3.10. The van der Waals surface area contributed by atoms with Gasteiger partial charge in [-0.2, -0.15) is 0 Å². The zero-order valence-corrected chi connectivity index (χ0v) is 11.7. The molecular weight excluding hydrogens is 252 g/mol. The van der Waals surface area contributed by atoms with Crippen molar-refractivity contribution in [2.24, 2.45) is 5.73 Å². The zero-order chi connectivity index (χ0) is 13.9. The summed E-state index contributed by atoms with van der Waals surface area (Å²) in [6.45, 7) is 1.82. The summed E-state index contributed by atoms with van der Waals surface area (Å²) in [5.41, 5.74) is 8.28. The van der Waals surface area contributed by atoms with Crippen molar-refractivity contribution < 1.29 is 4.79 Å². The van der Waals surface area contributed by atoms with Crippen molar-refractivity contribution in [3.05, 3.63) is 22.9 Å². The lowest BCUT2D eigenvalue weighted by molar-refractivity contribution is 0.100. The van der Waals surface area contributed by atoms with E-state index >= 15 is 0 Å². The number of pyridine rings is 1. The van der Waals surface area contributed by atoms with E-state index in [1.54, 1.807) is 0 Å². The van der Waals surface area contributed by atoms with Gasteiger partial charge in [-0.1, -0.05) is 0 Å². The van der Waals surface area contributed by atoms with Gasteiger partial charge in [-0.25, -0.2) is 4.98 Å². The standard InChI is InChI=1S/C15H22N4O/c16-14(20)12-9-10-3-1-4-13(10)19-15(12)18-8-2-7-17-11-5-6-11/h9,11,17H,1-8H2,(H2,16,20)(H,18,19). The maximum Gasteiger partial charge on any atom is 0.252 e. The third-order valence-electron chi connectivity index (χ3n) is 3.97. The van der Waals surface area contributed by atoms with Gasteiger partial charge >= 0.3 is 0 Å². The Bertz CT molecular complexity index is 511. The second-order valence-electron chi connectivity index (χ2n) is 5.72. The highest BCUT2D eigenvalue weighted by molar-refractivity contribution is 5.97. The molecule has 0 saturated heterocycles. The monoisotopic (exact) mass is 274 g/mol. The predicted molar refractivity (Wildman–Crippen MR) is 78.9 cm³/mol. The molecule has 1 heterocycles. The topological polar surface area (TPSA) is 80.0 Å². The molecule has 5 nitrogen and oxygen atoms in total. The number of amides is 1. The molecule has 5 heteroatoms. The first kappa shape index (κ1) is 13.4. The lowest BCUT2D eigenvalue weighted by Crippen LogP contribution is -2.21. The largest absolute Gasteiger partial charge is 0.369 e. The Morgan fingerprint density at radius 3 is 2.95 bits per heavy atom. The number of anilines is 1. The lowest BCUT2D eigenvalue weighted by atomic mass is 10.1. The molecule has 0 aromatic carbocycles. The van der Waals surface area contributed by atoms with Gasteiger partial charge in [-0.3, -0.25) is 4.79 Å². The minimum atomic E-state index is -0.397. The average molecular weight is 274 g/mol. The minimum absolute atomic E-state index is 0.397. The number of primary amides is 1. The van der Waals surface area contributed by atoms with Crippen LogP contribution in [0.4, 0.5) is 5.82 Å². The summed E-state index contributed by atoms with van der Waals surface area (Å²) < 4.78 is 0. The molecule has 1 fully saturated rings. The molecule has 0 spiro atoms. The first-order valence-electron chi connectivity index (χ1n) is 7.54. The number of aromatic nitrogens is 1. The number of nitrogens with two attached hydrogens (primary N) is 1. The molecule has 0 aliphatic heterocycles. The van der Waals surface area contributed by atoms with E-state index in [0.717, 1.165) is 50.5 Å². The van der Waals surface area contributed by atoms with E-state index in [-0.39, 0.29) is 0 Å². The number of carbonyl (C=O) groups excluding carboxylic acids is 1. The van der Waals surface area contributed by atoms with Crippen LogP contribution in [0.3, 0.4) is 0 Å². The summed E-state index contributed by atoms with van der Waals surface area (Å²) in [5.74, 6) is 0.260. The average Bonchev–Trinajstić information content (AvgIpc) is 3.14. The van der Waals surface area contributed by atoms with E-state index < -0.39 is 5.91 Å². The van der Waals surface area contributed by atoms with Crippen LogP contribution in [-0.2, 0) is 12.8 Å². The van der Waals surface area contributed by atoms with E-state index in [1.165, 1.54) is 18.4 Å². The number of nitrogens with one attached hydrogen (secondary N) is 2. The fourth-order valence-electron chi connectivity index (χ4n) is 2.68. The second-order valence-corrected chi connectivity index (χ2v) is 5.72. The first-order chi connectivity index (χ1) is 9.74. The molecule has 2 aliphatic rings. The Hall–Kier alpha value is -1.62. The molecule has 0 unspecified atom stereocenters. The van der Waals surface area contributed by atoms with E-state index in [2.05, 4.69) is 15.6 Å². The van der Waals surface area contributed by atoms with Crippen LogP contribution in [0.25, 0.3) is 0 Å². The second kappa shape index (κ2) is 5.79. The molecule has 2 aliphatic carbocycles. The SMILES string of the molecule is NC(=O)c1cc2c(nc1NCCCNC1CC1)CCC2. The summed E-state index contributed by atoms with van der Waals surface area (Å²) in [5, 5.41) is 6.74. The van der Waals surface area contributed by atoms with Gasteiger partial charge in [0.1, 0.15) is 5.82 Å². The van der Waals surface area contributed by atoms with Gasteiger partial charge in [0, 0.05) is 18.3 Å². The number of hydrogen-bond donors (Lipinski definition) is 3. The number of nitrogens with zero attached hydrogens (tertiary/aromatic N) is 1. The Kier molecular flexibility index (Phi) is 3.87. The van der Waals surface area contributed by atoms with Crippen LogP contribution in [0.5, 0.6) is 0 Å². The minimum Gasteiger partial charge on any atom is -0.369 e. The van der Waals surface area contributed by atoms with Gasteiger partial charge in [0.05, 0.1) is 5.56 Å². The normalized spacial score (nSPS) is 17.0. The fraction of sp³-hybridized carbons (Fsp3) is 0.600. The Balaban J connectivity index is 1.60. The van der Waals surface area contributed by atoms with Gasteiger partial charge < -0.3 is 16.4 Å². The molecule has 20 heavy (non-hydrogen) atoms. The number of aryl methyl sites for hydroxylation is 2. The molecule has 4 N–H and O–H groups in total. The first-order valence-corrected chi connectivity index (χ1v) is 7.54. The molecule has 3 rings (SSSR count).